The zero-order valence-corrected chi connectivity index (χ0v) is 13.4. The third kappa shape index (κ3) is 6.16. The van der Waals surface area contributed by atoms with E-state index in [0.717, 1.165) is 38.0 Å². The summed E-state index contributed by atoms with van der Waals surface area (Å²) in [5.74, 6) is 1.14. The second-order valence-corrected chi connectivity index (χ2v) is 5.66. The molecule has 0 radical (unpaired) electrons. The molecular formula is C18H26O4. The monoisotopic (exact) mass is 306 g/mol. The van der Waals surface area contributed by atoms with Gasteiger partial charge in [0.25, 0.3) is 0 Å². The highest BCUT2D eigenvalue weighted by Gasteiger charge is 2.13. The van der Waals surface area contributed by atoms with Crippen LogP contribution in [0.25, 0.3) is 0 Å². The third-order valence-electron chi connectivity index (χ3n) is 3.89. The van der Waals surface area contributed by atoms with Crippen molar-refractivity contribution in [1.29, 1.82) is 0 Å². The van der Waals surface area contributed by atoms with E-state index in [9.17, 15) is 4.79 Å². The van der Waals surface area contributed by atoms with Gasteiger partial charge in [-0.3, -0.25) is 4.79 Å². The van der Waals surface area contributed by atoms with Gasteiger partial charge in [-0.05, 0) is 49.8 Å². The quantitative estimate of drug-likeness (QED) is 0.655. The van der Waals surface area contributed by atoms with Crippen LogP contribution in [-0.4, -0.2) is 32.4 Å². The average molecular weight is 306 g/mol. The van der Waals surface area contributed by atoms with Crippen LogP contribution in [0, 0.1) is 0 Å². The van der Waals surface area contributed by atoms with Gasteiger partial charge in [-0.15, -0.1) is 0 Å². The van der Waals surface area contributed by atoms with Crippen molar-refractivity contribution in [3.05, 3.63) is 29.8 Å². The van der Waals surface area contributed by atoms with E-state index in [0.29, 0.717) is 25.2 Å². The summed E-state index contributed by atoms with van der Waals surface area (Å²) in [6.07, 6.45) is 5.97. The van der Waals surface area contributed by atoms with Crippen molar-refractivity contribution in [2.45, 2.75) is 51.2 Å². The largest absolute Gasteiger partial charge is 0.497 e. The Morgan fingerprint density at radius 3 is 2.73 bits per heavy atom. The Morgan fingerprint density at radius 2 is 2.05 bits per heavy atom. The van der Waals surface area contributed by atoms with Crippen LogP contribution in [0.1, 0.15) is 44.1 Å². The SMILES string of the molecule is COc1ccc(CCC(=O)CCCOC2CCCCO2)cc1. The van der Waals surface area contributed by atoms with Gasteiger partial charge < -0.3 is 14.2 Å². The molecule has 1 aliphatic rings. The van der Waals surface area contributed by atoms with Gasteiger partial charge >= 0.3 is 0 Å². The van der Waals surface area contributed by atoms with E-state index in [4.69, 9.17) is 14.2 Å². The predicted molar refractivity (Wildman–Crippen MR) is 85.1 cm³/mol. The van der Waals surface area contributed by atoms with Gasteiger partial charge in [-0.1, -0.05) is 12.1 Å². The molecule has 0 spiro atoms. The first kappa shape index (κ1) is 17.0. The average Bonchev–Trinajstić information content (AvgIpc) is 2.58. The number of rotatable bonds is 9. The topological polar surface area (TPSA) is 44.8 Å². The molecule has 1 heterocycles. The van der Waals surface area contributed by atoms with Crippen molar-refractivity contribution in [3.8, 4) is 5.75 Å². The lowest BCUT2D eigenvalue weighted by Crippen LogP contribution is -2.22. The summed E-state index contributed by atoms with van der Waals surface area (Å²) in [6.45, 7) is 1.41. The number of hydrogen-bond acceptors (Lipinski definition) is 4. The highest BCUT2D eigenvalue weighted by Crippen LogP contribution is 2.15. The summed E-state index contributed by atoms with van der Waals surface area (Å²) >= 11 is 0. The zero-order chi connectivity index (χ0) is 15.6. The highest BCUT2D eigenvalue weighted by molar-refractivity contribution is 5.78. The van der Waals surface area contributed by atoms with Crippen LogP contribution in [0.3, 0.4) is 0 Å². The normalized spacial score (nSPS) is 18.1. The van der Waals surface area contributed by atoms with E-state index >= 15 is 0 Å². The zero-order valence-electron chi connectivity index (χ0n) is 13.4. The number of hydrogen-bond donors (Lipinski definition) is 0. The number of benzene rings is 1. The number of Topliss-reactive ketones (excluding diaryl/α,β-unsaturated/α-hetero) is 1. The molecule has 122 valence electrons. The van der Waals surface area contributed by atoms with E-state index in [-0.39, 0.29) is 6.29 Å². The Labute approximate surface area is 132 Å². The molecule has 4 nitrogen and oxygen atoms in total. The van der Waals surface area contributed by atoms with Crippen LogP contribution in [0.15, 0.2) is 24.3 Å². The van der Waals surface area contributed by atoms with Crippen LogP contribution in [-0.2, 0) is 20.7 Å². The Bertz CT molecular complexity index is 435. The molecule has 1 aromatic rings. The third-order valence-corrected chi connectivity index (χ3v) is 3.89. The summed E-state index contributed by atoms with van der Waals surface area (Å²) in [7, 11) is 1.65. The van der Waals surface area contributed by atoms with Crippen molar-refractivity contribution < 1.29 is 19.0 Å². The summed E-state index contributed by atoms with van der Waals surface area (Å²) in [5.41, 5.74) is 1.17. The molecule has 0 bridgehead atoms. The van der Waals surface area contributed by atoms with E-state index in [1.165, 1.54) is 12.0 Å². The molecule has 0 amide bonds. The van der Waals surface area contributed by atoms with Gasteiger partial charge in [0, 0.05) is 19.4 Å². The maximum absolute atomic E-state index is 11.9. The van der Waals surface area contributed by atoms with E-state index in [1.54, 1.807) is 7.11 Å². The van der Waals surface area contributed by atoms with Gasteiger partial charge in [0.15, 0.2) is 6.29 Å². The van der Waals surface area contributed by atoms with Crippen molar-refractivity contribution in [1.82, 2.24) is 0 Å². The molecule has 0 N–H and O–H groups in total. The molecular weight excluding hydrogens is 280 g/mol. The smallest absolute Gasteiger partial charge is 0.157 e. The molecule has 22 heavy (non-hydrogen) atoms. The minimum Gasteiger partial charge on any atom is -0.497 e. The first-order valence-corrected chi connectivity index (χ1v) is 8.16. The van der Waals surface area contributed by atoms with Gasteiger partial charge in [0.1, 0.15) is 11.5 Å². The van der Waals surface area contributed by atoms with E-state index in [1.807, 2.05) is 24.3 Å². The lowest BCUT2D eigenvalue weighted by Gasteiger charge is -2.22. The van der Waals surface area contributed by atoms with Crippen LogP contribution >= 0.6 is 0 Å². The first-order chi connectivity index (χ1) is 10.8. The summed E-state index contributed by atoms with van der Waals surface area (Å²) in [6, 6.07) is 7.88. The lowest BCUT2D eigenvalue weighted by atomic mass is 10.1. The molecule has 0 aliphatic carbocycles. The maximum atomic E-state index is 11.9. The highest BCUT2D eigenvalue weighted by atomic mass is 16.7. The molecule has 4 heteroatoms. The Hall–Kier alpha value is -1.39. The maximum Gasteiger partial charge on any atom is 0.157 e. The molecule has 1 saturated heterocycles. The molecule has 1 aromatic carbocycles. The molecule has 2 rings (SSSR count). The summed E-state index contributed by atoms with van der Waals surface area (Å²) in [4.78, 5) is 11.9. The number of methoxy groups -OCH3 is 1. The van der Waals surface area contributed by atoms with Crippen molar-refractivity contribution in [3.63, 3.8) is 0 Å². The molecule has 0 aromatic heterocycles. The Kier molecular flexibility index (Phi) is 7.40. The minimum absolute atomic E-state index is 0.0526. The van der Waals surface area contributed by atoms with Crippen molar-refractivity contribution in [2.75, 3.05) is 20.3 Å². The van der Waals surface area contributed by atoms with Gasteiger partial charge in [0.2, 0.25) is 0 Å². The number of ether oxygens (including phenoxy) is 3. The van der Waals surface area contributed by atoms with Crippen LogP contribution in [0.4, 0.5) is 0 Å². The number of aryl methyl sites for hydroxylation is 1. The standard InChI is InChI=1S/C18H26O4/c1-20-17-11-8-15(9-12-17)7-10-16(19)5-4-14-22-18-6-2-3-13-21-18/h8-9,11-12,18H,2-7,10,13-14H2,1H3. The number of carbonyl (C=O) groups is 1. The molecule has 0 saturated carbocycles. The number of ketones is 1. The Morgan fingerprint density at radius 1 is 1.23 bits per heavy atom. The van der Waals surface area contributed by atoms with E-state index < -0.39 is 0 Å². The van der Waals surface area contributed by atoms with Gasteiger partial charge in [-0.2, -0.15) is 0 Å². The minimum atomic E-state index is -0.0526. The molecule has 1 fully saturated rings. The van der Waals surface area contributed by atoms with Crippen molar-refractivity contribution >= 4 is 5.78 Å². The number of carbonyl (C=O) groups excluding carboxylic acids is 1. The fraction of sp³-hybridized carbons (Fsp3) is 0.611. The lowest BCUT2D eigenvalue weighted by molar-refractivity contribution is -0.163. The second-order valence-electron chi connectivity index (χ2n) is 5.66. The van der Waals surface area contributed by atoms with Crippen LogP contribution in [0.5, 0.6) is 5.75 Å². The Balaban J connectivity index is 1.55. The van der Waals surface area contributed by atoms with Gasteiger partial charge in [0.05, 0.1) is 13.7 Å². The van der Waals surface area contributed by atoms with Crippen LogP contribution in [0.2, 0.25) is 0 Å². The first-order valence-electron chi connectivity index (χ1n) is 8.16. The fourth-order valence-electron chi connectivity index (χ4n) is 2.53. The van der Waals surface area contributed by atoms with E-state index in [2.05, 4.69) is 0 Å². The predicted octanol–water partition coefficient (Wildman–Crippen LogP) is 3.52. The van der Waals surface area contributed by atoms with Crippen LogP contribution < -0.4 is 4.74 Å². The van der Waals surface area contributed by atoms with Crippen molar-refractivity contribution in [2.24, 2.45) is 0 Å². The summed E-state index contributed by atoms with van der Waals surface area (Å²) < 4.78 is 16.2. The molecule has 1 aliphatic heterocycles. The molecule has 1 unspecified atom stereocenters. The molecule has 1 atom stereocenters. The summed E-state index contributed by atoms with van der Waals surface area (Å²) in [5, 5.41) is 0. The fourth-order valence-corrected chi connectivity index (χ4v) is 2.53. The second kappa shape index (κ2) is 9.59. The van der Waals surface area contributed by atoms with Gasteiger partial charge in [-0.25, -0.2) is 0 Å².